The van der Waals surface area contributed by atoms with Gasteiger partial charge in [0.25, 0.3) is 0 Å². The predicted octanol–water partition coefficient (Wildman–Crippen LogP) is 2.10. The molecule has 1 N–H and O–H groups in total. The smallest absolute Gasteiger partial charge is 0.190 e. The van der Waals surface area contributed by atoms with E-state index < -0.39 is 11.6 Å². The van der Waals surface area contributed by atoms with Gasteiger partial charge in [0.15, 0.2) is 17.4 Å². The number of benzene rings is 1. The number of nitrogens with one attached hydrogen (secondary N) is 1. The highest BCUT2D eigenvalue weighted by molar-refractivity contribution is 5.31. The van der Waals surface area contributed by atoms with Gasteiger partial charge in [0.05, 0.1) is 13.2 Å². The largest absolute Gasteiger partial charge is 0.488 e. The molecule has 0 aliphatic rings. The lowest BCUT2D eigenvalue weighted by Gasteiger charge is -2.09. The van der Waals surface area contributed by atoms with Crippen molar-refractivity contribution in [2.45, 2.75) is 13.5 Å². The van der Waals surface area contributed by atoms with E-state index in [1.807, 2.05) is 0 Å². The highest BCUT2D eigenvalue weighted by Gasteiger charge is 2.11. The van der Waals surface area contributed by atoms with E-state index >= 15 is 0 Å². The van der Waals surface area contributed by atoms with Crippen molar-refractivity contribution in [1.29, 1.82) is 0 Å². The Hall–Kier alpha value is -1.20. The van der Waals surface area contributed by atoms with Crippen molar-refractivity contribution in [3.05, 3.63) is 29.3 Å². The summed E-state index contributed by atoms with van der Waals surface area (Å²) < 4.78 is 36.6. The molecule has 0 aliphatic heterocycles. The Morgan fingerprint density at radius 1 is 1.24 bits per heavy atom. The van der Waals surface area contributed by atoms with Gasteiger partial charge < -0.3 is 14.8 Å². The minimum atomic E-state index is -0.671. The summed E-state index contributed by atoms with van der Waals surface area (Å²) in [4.78, 5) is 0. The molecule has 0 aliphatic carbocycles. The first-order valence-corrected chi connectivity index (χ1v) is 5.49. The molecule has 1 aromatic rings. The van der Waals surface area contributed by atoms with E-state index in [1.54, 1.807) is 14.0 Å². The summed E-state index contributed by atoms with van der Waals surface area (Å²) in [7, 11) is 1.60. The van der Waals surface area contributed by atoms with Gasteiger partial charge in [-0.3, -0.25) is 0 Å². The van der Waals surface area contributed by atoms with E-state index in [-0.39, 0.29) is 12.4 Å². The number of rotatable bonds is 7. The standard InChI is InChI=1S/C12H17F2NO2/c1-3-17-12-10(13)6-9(7-11(12)14)8-15-4-5-16-2/h6-7,15H,3-5,8H2,1-2H3. The SMILES string of the molecule is CCOc1c(F)cc(CNCCOC)cc1F. The van der Waals surface area contributed by atoms with Gasteiger partial charge in [0.1, 0.15) is 0 Å². The maximum atomic E-state index is 13.5. The fraction of sp³-hybridized carbons (Fsp3) is 0.500. The Labute approximate surface area is 99.7 Å². The summed E-state index contributed by atoms with van der Waals surface area (Å²) in [6.07, 6.45) is 0. The molecular weight excluding hydrogens is 228 g/mol. The number of halogens is 2. The van der Waals surface area contributed by atoms with Crippen LogP contribution < -0.4 is 10.1 Å². The zero-order valence-corrected chi connectivity index (χ0v) is 10.1. The monoisotopic (exact) mass is 245 g/mol. The molecule has 0 atom stereocenters. The van der Waals surface area contributed by atoms with Crippen LogP contribution in [0.3, 0.4) is 0 Å². The Kier molecular flexibility index (Phi) is 5.86. The quantitative estimate of drug-likeness (QED) is 0.746. The minimum Gasteiger partial charge on any atom is -0.488 e. The summed E-state index contributed by atoms with van der Waals surface area (Å²) in [6, 6.07) is 2.54. The highest BCUT2D eigenvalue weighted by atomic mass is 19.1. The molecule has 0 amide bonds. The normalized spacial score (nSPS) is 10.6. The first-order chi connectivity index (χ1) is 8.19. The highest BCUT2D eigenvalue weighted by Crippen LogP contribution is 2.23. The van der Waals surface area contributed by atoms with Crippen LogP contribution in [0.5, 0.6) is 5.75 Å². The summed E-state index contributed by atoms with van der Waals surface area (Å²) in [6.45, 7) is 3.50. The summed E-state index contributed by atoms with van der Waals surface area (Å²) in [5.74, 6) is -1.65. The van der Waals surface area contributed by atoms with Crippen LogP contribution in [0.4, 0.5) is 8.78 Å². The lowest BCUT2D eigenvalue weighted by molar-refractivity contribution is 0.199. The molecule has 96 valence electrons. The molecule has 1 rings (SSSR count). The molecule has 0 fully saturated rings. The molecule has 17 heavy (non-hydrogen) atoms. The van der Waals surface area contributed by atoms with Crippen LogP contribution in [0.2, 0.25) is 0 Å². The van der Waals surface area contributed by atoms with Crippen molar-refractivity contribution in [2.24, 2.45) is 0 Å². The molecule has 0 radical (unpaired) electrons. The van der Waals surface area contributed by atoms with Crippen molar-refractivity contribution in [3.63, 3.8) is 0 Å². The number of hydrogen-bond donors (Lipinski definition) is 1. The van der Waals surface area contributed by atoms with Crippen molar-refractivity contribution in [2.75, 3.05) is 26.9 Å². The van der Waals surface area contributed by atoms with Gasteiger partial charge in [-0.2, -0.15) is 0 Å². The minimum absolute atomic E-state index is 0.235. The van der Waals surface area contributed by atoms with Gasteiger partial charge in [-0.15, -0.1) is 0 Å². The molecule has 0 spiro atoms. The molecule has 5 heteroatoms. The van der Waals surface area contributed by atoms with Crippen LogP contribution in [0.15, 0.2) is 12.1 Å². The second-order valence-electron chi connectivity index (χ2n) is 3.49. The summed E-state index contributed by atoms with van der Waals surface area (Å²) in [5.41, 5.74) is 0.541. The zero-order valence-electron chi connectivity index (χ0n) is 10.1. The van der Waals surface area contributed by atoms with Crippen molar-refractivity contribution in [1.82, 2.24) is 5.32 Å². The first-order valence-electron chi connectivity index (χ1n) is 5.49. The Balaban J connectivity index is 2.63. The van der Waals surface area contributed by atoms with Gasteiger partial charge in [0, 0.05) is 20.2 Å². The molecule has 0 bridgehead atoms. The Bertz CT molecular complexity index is 335. The zero-order chi connectivity index (χ0) is 12.7. The van der Waals surface area contributed by atoms with Gasteiger partial charge in [0.2, 0.25) is 0 Å². The predicted molar refractivity (Wildman–Crippen MR) is 61.1 cm³/mol. The van der Waals surface area contributed by atoms with E-state index in [0.717, 1.165) is 0 Å². The third-order valence-corrected chi connectivity index (χ3v) is 2.16. The van der Waals surface area contributed by atoms with E-state index in [1.165, 1.54) is 12.1 Å². The fourth-order valence-electron chi connectivity index (χ4n) is 1.40. The molecule has 0 saturated heterocycles. The van der Waals surface area contributed by atoms with E-state index in [9.17, 15) is 8.78 Å². The maximum Gasteiger partial charge on any atom is 0.190 e. The lowest BCUT2D eigenvalue weighted by atomic mass is 10.2. The molecule has 0 aromatic heterocycles. The average Bonchev–Trinajstić information content (AvgIpc) is 2.29. The topological polar surface area (TPSA) is 30.5 Å². The van der Waals surface area contributed by atoms with Gasteiger partial charge in [-0.05, 0) is 24.6 Å². The first kappa shape index (κ1) is 13.9. The fourth-order valence-corrected chi connectivity index (χ4v) is 1.40. The lowest BCUT2D eigenvalue weighted by Crippen LogP contribution is -2.18. The molecular formula is C12H17F2NO2. The van der Waals surface area contributed by atoms with Crippen LogP contribution in [0, 0.1) is 11.6 Å². The van der Waals surface area contributed by atoms with Crippen LogP contribution in [0.25, 0.3) is 0 Å². The van der Waals surface area contributed by atoms with Crippen LogP contribution in [-0.4, -0.2) is 26.9 Å². The molecule has 1 aromatic carbocycles. The van der Waals surface area contributed by atoms with Gasteiger partial charge >= 0.3 is 0 Å². The number of hydrogen-bond acceptors (Lipinski definition) is 3. The van der Waals surface area contributed by atoms with Crippen LogP contribution >= 0.6 is 0 Å². The summed E-state index contributed by atoms with van der Waals surface area (Å²) >= 11 is 0. The Morgan fingerprint density at radius 3 is 2.41 bits per heavy atom. The second-order valence-corrected chi connectivity index (χ2v) is 3.49. The van der Waals surface area contributed by atoms with E-state index in [4.69, 9.17) is 9.47 Å². The molecule has 0 heterocycles. The van der Waals surface area contributed by atoms with Crippen molar-refractivity contribution < 1.29 is 18.3 Å². The van der Waals surface area contributed by atoms with Gasteiger partial charge in [-0.25, -0.2) is 8.78 Å². The second kappa shape index (κ2) is 7.19. The molecule has 0 unspecified atom stereocenters. The van der Waals surface area contributed by atoms with E-state index in [2.05, 4.69) is 5.32 Å². The third kappa shape index (κ3) is 4.28. The average molecular weight is 245 g/mol. The van der Waals surface area contributed by atoms with Gasteiger partial charge in [-0.1, -0.05) is 0 Å². The maximum absolute atomic E-state index is 13.5. The van der Waals surface area contributed by atoms with Crippen molar-refractivity contribution >= 4 is 0 Å². The number of methoxy groups -OCH3 is 1. The summed E-state index contributed by atoms with van der Waals surface area (Å²) in [5, 5.41) is 3.01. The third-order valence-electron chi connectivity index (χ3n) is 2.16. The van der Waals surface area contributed by atoms with Crippen LogP contribution in [-0.2, 0) is 11.3 Å². The van der Waals surface area contributed by atoms with E-state index in [0.29, 0.717) is 25.3 Å². The molecule has 3 nitrogen and oxygen atoms in total. The van der Waals surface area contributed by atoms with Crippen molar-refractivity contribution in [3.8, 4) is 5.75 Å². The molecule has 0 saturated carbocycles. The number of ether oxygens (including phenoxy) is 2. The van der Waals surface area contributed by atoms with Crippen LogP contribution in [0.1, 0.15) is 12.5 Å². The Morgan fingerprint density at radius 2 is 1.88 bits per heavy atom.